The van der Waals surface area contributed by atoms with Gasteiger partial charge in [0.15, 0.2) is 0 Å². The summed E-state index contributed by atoms with van der Waals surface area (Å²) >= 11 is 0. The van der Waals surface area contributed by atoms with Crippen LogP contribution in [-0.2, 0) is 20.5 Å². The number of ether oxygens (including phenoxy) is 2. The van der Waals surface area contributed by atoms with Crippen molar-refractivity contribution in [2.75, 3.05) is 20.8 Å². The summed E-state index contributed by atoms with van der Waals surface area (Å²) in [6, 6.07) is 16.5. The Bertz CT molecular complexity index is 716. The summed E-state index contributed by atoms with van der Waals surface area (Å²) in [6.45, 7) is 0.166. The van der Waals surface area contributed by atoms with Crippen molar-refractivity contribution >= 4 is 10.0 Å². The first-order valence-corrected chi connectivity index (χ1v) is 8.87. The second kappa shape index (κ2) is 8.10. The van der Waals surface area contributed by atoms with E-state index in [4.69, 9.17) is 9.47 Å². The summed E-state index contributed by atoms with van der Waals surface area (Å²) < 4.78 is 37.5. The van der Waals surface area contributed by atoms with Gasteiger partial charge in [-0.25, -0.2) is 13.1 Å². The lowest BCUT2D eigenvalue weighted by molar-refractivity contribution is 0.107. The zero-order valence-electron chi connectivity index (χ0n) is 13.2. The minimum atomic E-state index is -3.42. The monoisotopic (exact) mass is 335 g/mol. The Morgan fingerprint density at radius 1 is 1.04 bits per heavy atom. The van der Waals surface area contributed by atoms with Crippen molar-refractivity contribution in [3.05, 3.63) is 65.7 Å². The standard InChI is InChI=1S/C17H21NO4S/c1-21-16-10-6-9-15(11-16)17(22-2)12-18-23(19,20)13-14-7-4-3-5-8-14/h3-11,17-18H,12-13H2,1-2H3. The molecule has 0 heterocycles. The third-order valence-corrected chi connectivity index (χ3v) is 4.76. The number of sulfonamides is 1. The molecule has 1 atom stereocenters. The van der Waals surface area contributed by atoms with Crippen LogP contribution in [0.1, 0.15) is 17.2 Å². The maximum atomic E-state index is 12.2. The zero-order chi connectivity index (χ0) is 16.7. The van der Waals surface area contributed by atoms with Crippen LogP contribution in [0.4, 0.5) is 0 Å². The van der Waals surface area contributed by atoms with E-state index in [1.54, 1.807) is 26.4 Å². The SMILES string of the molecule is COc1cccc(C(CNS(=O)(=O)Cc2ccccc2)OC)c1. The zero-order valence-corrected chi connectivity index (χ0v) is 14.0. The topological polar surface area (TPSA) is 64.6 Å². The lowest BCUT2D eigenvalue weighted by atomic mass is 10.1. The Morgan fingerprint density at radius 2 is 1.78 bits per heavy atom. The Labute approximate surface area is 137 Å². The second-order valence-electron chi connectivity index (χ2n) is 5.09. The molecule has 1 unspecified atom stereocenters. The highest BCUT2D eigenvalue weighted by Gasteiger charge is 2.17. The van der Waals surface area contributed by atoms with Crippen molar-refractivity contribution in [2.24, 2.45) is 0 Å². The summed E-state index contributed by atoms with van der Waals surface area (Å²) in [5.41, 5.74) is 1.60. The molecule has 0 saturated carbocycles. The first-order chi connectivity index (χ1) is 11.0. The third kappa shape index (κ3) is 5.35. The van der Waals surface area contributed by atoms with Crippen LogP contribution in [0, 0.1) is 0 Å². The van der Waals surface area contributed by atoms with E-state index in [9.17, 15) is 8.42 Å². The molecule has 0 aromatic heterocycles. The molecule has 2 aromatic carbocycles. The number of hydrogen-bond acceptors (Lipinski definition) is 4. The molecule has 2 aromatic rings. The molecule has 1 N–H and O–H groups in total. The number of hydrogen-bond donors (Lipinski definition) is 1. The van der Waals surface area contributed by atoms with Crippen molar-refractivity contribution in [3.8, 4) is 5.75 Å². The highest BCUT2D eigenvalue weighted by atomic mass is 32.2. The van der Waals surface area contributed by atoms with Gasteiger partial charge < -0.3 is 9.47 Å². The lowest BCUT2D eigenvalue weighted by Crippen LogP contribution is -2.30. The molecule has 0 amide bonds. The molecule has 0 radical (unpaired) electrons. The Kier molecular flexibility index (Phi) is 6.15. The number of methoxy groups -OCH3 is 2. The number of benzene rings is 2. The second-order valence-corrected chi connectivity index (χ2v) is 6.90. The summed E-state index contributed by atoms with van der Waals surface area (Å²) in [6.07, 6.45) is -0.379. The molecule has 0 aliphatic carbocycles. The summed E-state index contributed by atoms with van der Waals surface area (Å²) in [7, 11) is -0.287. The minimum Gasteiger partial charge on any atom is -0.497 e. The minimum absolute atomic E-state index is 0.0532. The van der Waals surface area contributed by atoms with E-state index >= 15 is 0 Å². The number of rotatable bonds is 8. The van der Waals surface area contributed by atoms with Crippen molar-refractivity contribution < 1.29 is 17.9 Å². The fourth-order valence-corrected chi connectivity index (χ4v) is 3.37. The fourth-order valence-electron chi connectivity index (χ4n) is 2.23. The van der Waals surface area contributed by atoms with E-state index < -0.39 is 10.0 Å². The molecular weight excluding hydrogens is 314 g/mol. The summed E-state index contributed by atoms with van der Waals surface area (Å²) in [5.74, 6) is 0.652. The van der Waals surface area contributed by atoms with E-state index in [1.807, 2.05) is 42.5 Å². The van der Waals surface area contributed by atoms with Gasteiger partial charge in [0.1, 0.15) is 5.75 Å². The van der Waals surface area contributed by atoms with Crippen LogP contribution in [0.5, 0.6) is 5.75 Å². The van der Waals surface area contributed by atoms with Crippen molar-refractivity contribution in [1.82, 2.24) is 4.72 Å². The predicted molar refractivity (Wildman–Crippen MR) is 89.8 cm³/mol. The van der Waals surface area contributed by atoms with Gasteiger partial charge in [-0.05, 0) is 23.3 Å². The molecule has 6 heteroatoms. The van der Waals surface area contributed by atoms with Crippen LogP contribution in [-0.4, -0.2) is 29.2 Å². The average Bonchev–Trinajstić information content (AvgIpc) is 2.56. The first-order valence-electron chi connectivity index (χ1n) is 7.22. The molecule has 5 nitrogen and oxygen atoms in total. The first kappa shape index (κ1) is 17.5. The van der Waals surface area contributed by atoms with Crippen molar-refractivity contribution in [2.45, 2.75) is 11.9 Å². The quantitative estimate of drug-likeness (QED) is 0.805. The maximum absolute atomic E-state index is 12.2. The molecule has 124 valence electrons. The van der Waals surface area contributed by atoms with E-state index in [0.717, 1.165) is 11.1 Å². The Balaban J connectivity index is 2.01. The molecule has 0 fully saturated rings. The average molecular weight is 335 g/mol. The van der Waals surface area contributed by atoms with Gasteiger partial charge in [0.2, 0.25) is 10.0 Å². The smallest absolute Gasteiger partial charge is 0.215 e. The molecule has 0 aliphatic heterocycles. The Morgan fingerprint density at radius 3 is 2.43 bits per heavy atom. The molecule has 0 spiro atoms. The molecule has 23 heavy (non-hydrogen) atoms. The van der Waals surface area contributed by atoms with Crippen LogP contribution in [0.2, 0.25) is 0 Å². The third-order valence-electron chi connectivity index (χ3n) is 3.44. The van der Waals surface area contributed by atoms with Gasteiger partial charge in [-0.15, -0.1) is 0 Å². The Hall–Kier alpha value is -1.89. The van der Waals surface area contributed by atoms with E-state index in [2.05, 4.69) is 4.72 Å². The molecular formula is C17H21NO4S. The van der Waals surface area contributed by atoms with Crippen LogP contribution < -0.4 is 9.46 Å². The van der Waals surface area contributed by atoms with Gasteiger partial charge in [0.05, 0.1) is 19.0 Å². The van der Waals surface area contributed by atoms with Crippen molar-refractivity contribution in [3.63, 3.8) is 0 Å². The van der Waals surface area contributed by atoms with Crippen LogP contribution in [0.3, 0.4) is 0 Å². The fraction of sp³-hybridized carbons (Fsp3) is 0.294. The van der Waals surface area contributed by atoms with E-state index in [1.165, 1.54) is 0 Å². The molecule has 2 rings (SSSR count). The van der Waals surface area contributed by atoms with Crippen LogP contribution in [0.15, 0.2) is 54.6 Å². The van der Waals surface area contributed by atoms with Gasteiger partial charge >= 0.3 is 0 Å². The van der Waals surface area contributed by atoms with Crippen LogP contribution in [0.25, 0.3) is 0 Å². The van der Waals surface area contributed by atoms with E-state index in [-0.39, 0.29) is 18.4 Å². The van der Waals surface area contributed by atoms with E-state index in [0.29, 0.717) is 5.75 Å². The maximum Gasteiger partial charge on any atom is 0.215 e. The summed E-state index contributed by atoms with van der Waals surface area (Å²) in [5, 5.41) is 0. The van der Waals surface area contributed by atoms with Gasteiger partial charge in [-0.1, -0.05) is 42.5 Å². The molecule has 0 aliphatic rings. The van der Waals surface area contributed by atoms with Crippen molar-refractivity contribution in [1.29, 1.82) is 0 Å². The molecule has 0 saturated heterocycles. The van der Waals surface area contributed by atoms with Crippen LogP contribution >= 0.6 is 0 Å². The predicted octanol–water partition coefficient (Wildman–Crippen LogP) is 2.50. The number of nitrogens with one attached hydrogen (secondary N) is 1. The van der Waals surface area contributed by atoms with Gasteiger partial charge in [0.25, 0.3) is 0 Å². The lowest BCUT2D eigenvalue weighted by Gasteiger charge is -2.17. The normalized spacial score (nSPS) is 12.8. The highest BCUT2D eigenvalue weighted by molar-refractivity contribution is 7.88. The highest BCUT2D eigenvalue weighted by Crippen LogP contribution is 2.21. The molecule has 0 bridgehead atoms. The van der Waals surface area contributed by atoms with Gasteiger partial charge in [-0.3, -0.25) is 0 Å². The summed E-state index contributed by atoms with van der Waals surface area (Å²) in [4.78, 5) is 0. The van der Waals surface area contributed by atoms with Gasteiger partial charge in [0, 0.05) is 13.7 Å². The largest absolute Gasteiger partial charge is 0.497 e. The van der Waals surface area contributed by atoms with Gasteiger partial charge in [-0.2, -0.15) is 0 Å².